The fourth-order valence-corrected chi connectivity index (χ4v) is 7.94. The van der Waals surface area contributed by atoms with Gasteiger partial charge < -0.3 is 20.2 Å². The van der Waals surface area contributed by atoms with Crippen LogP contribution in [-0.2, 0) is 29.2 Å². The molecular weight excluding hydrogens is 623 g/mol. The van der Waals surface area contributed by atoms with Crippen molar-refractivity contribution < 1.29 is 14.7 Å². The number of carbonyl (C=O) groups is 2. The van der Waals surface area contributed by atoms with Crippen molar-refractivity contribution in [2.75, 3.05) is 39.0 Å². The largest absolute Gasteiger partial charge is 0.481 e. The second kappa shape index (κ2) is 13.1. The number of aliphatic carboxylic acids is 1. The molecule has 1 amide bonds. The molecule has 2 N–H and O–H groups in total. The van der Waals surface area contributed by atoms with Gasteiger partial charge in [-0.2, -0.15) is 0 Å². The molecule has 5 heterocycles. The number of aromatic nitrogens is 3. The van der Waals surface area contributed by atoms with Gasteiger partial charge in [0.25, 0.3) is 0 Å². The number of carboxylic acids is 1. The van der Waals surface area contributed by atoms with Gasteiger partial charge in [0.2, 0.25) is 5.91 Å². The lowest BCUT2D eigenvalue weighted by molar-refractivity contribution is -0.141. The second-order valence-corrected chi connectivity index (χ2v) is 14.2. The zero-order valence-corrected chi connectivity index (χ0v) is 28.5. The van der Waals surface area contributed by atoms with E-state index in [1.165, 1.54) is 0 Å². The molecule has 2 aromatic carbocycles. The van der Waals surface area contributed by atoms with Gasteiger partial charge in [-0.25, -0.2) is 9.97 Å². The lowest BCUT2D eigenvalue weighted by atomic mass is 9.93. The highest BCUT2D eigenvalue weighted by molar-refractivity contribution is 7.15. The highest BCUT2D eigenvalue weighted by Crippen LogP contribution is 2.40. The summed E-state index contributed by atoms with van der Waals surface area (Å²) in [7, 11) is 3.82. The van der Waals surface area contributed by atoms with Gasteiger partial charge in [-0.05, 0) is 86.9 Å². The van der Waals surface area contributed by atoms with Crippen molar-refractivity contribution in [2.45, 2.75) is 39.9 Å². The predicted molar refractivity (Wildman–Crippen MR) is 189 cm³/mol. The Morgan fingerprint density at radius 3 is 2.54 bits per heavy atom. The molecule has 48 heavy (non-hydrogen) atoms. The topological polar surface area (TPSA) is 115 Å². The van der Waals surface area contributed by atoms with Crippen LogP contribution in [0.25, 0.3) is 32.6 Å². The van der Waals surface area contributed by atoms with Crippen molar-refractivity contribution in [2.24, 2.45) is 5.92 Å². The zero-order valence-electron chi connectivity index (χ0n) is 27.7. The van der Waals surface area contributed by atoms with Gasteiger partial charge in [-0.1, -0.05) is 30.3 Å². The van der Waals surface area contributed by atoms with Crippen LogP contribution in [0.3, 0.4) is 0 Å². The molecule has 0 aliphatic carbocycles. The van der Waals surface area contributed by atoms with Crippen LogP contribution in [0, 0.1) is 19.8 Å². The maximum atomic E-state index is 12.6. The minimum absolute atomic E-state index is 0.128. The number of carboxylic acid groups (broad SMARTS) is 1. The number of rotatable bonds is 9. The van der Waals surface area contributed by atoms with Crippen LogP contribution < -0.4 is 5.32 Å². The Kier molecular flexibility index (Phi) is 8.67. The molecule has 0 spiro atoms. The Morgan fingerprint density at radius 2 is 1.79 bits per heavy atom. The van der Waals surface area contributed by atoms with Gasteiger partial charge in [0.1, 0.15) is 10.5 Å². The number of hydrogen-bond donors (Lipinski definition) is 2. The monoisotopic (exact) mass is 661 g/mol. The number of thiazole rings is 1. The van der Waals surface area contributed by atoms with Gasteiger partial charge in [0.15, 0.2) is 5.82 Å². The van der Waals surface area contributed by atoms with Gasteiger partial charge in [-0.3, -0.25) is 19.5 Å². The Bertz CT molecular complexity index is 2020. The third kappa shape index (κ3) is 6.28. The van der Waals surface area contributed by atoms with E-state index in [0.29, 0.717) is 45.0 Å². The molecule has 1 atom stereocenters. The quantitative estimate of drug-likeness (QED) is 0.194. The van der Waals surface area contributed by atoms with E-state index in [1.54, 1.807) is 17.5 Å². The van der Waals surface area contributed by atoms with Crippen molar-refractivity contribution in [3.05, 3.63) is 88.2 Å². The van der Waals surface area contributed by atoms with E-state index in [-0.39, 0.29) is 11.8 Å². The number of hydrogen-bond acceptors (Lipinski definition) is 9. The molecule has 0 bridgehead atoms. The first-order valence-corrected chi connectivity index (χ1v) is 17.0. The van der Waals surface area contributed by atoms with Crippen LogP contribution in [0.2, 0.25) is 0 Å². The van der Waals surface area contributed by atoms with Crippen molar-refractivity contribution in [3.8, 4) is 21.7 Å². The van der Waals surface area contributed by atoms with Crippen LogP contribution >= 0.6 is 11.3 Å². The molecule has 11 heteroatoms. The Hall–Kier alpha value is -4.71. The number of carbonyl (C=O) groups excluding carboxylic acids is 1. The average Bonchev–Trinajstić information content (AvgIpc) is 3.78. The summed E-state index contributed by atoms with van der Waals surface area (Å²) in [5, 5.41) is 14.9. The summed E-state index contributed by atoms with van der Waals surface area (Å²) in [6, 6.07) is 16.7. The van der Waals surface area contributed by atoms with Gasteiger partial charge in [0, 0.05) is 47.0 Å². The molecule has 5 aromatic rings. The minimum atomic E-state index is -0.719. The maximum Gasteiger partial charge on any atom is 0.307 e. The Labute approximate surface area is 284 Å². The molecule has 10 nitrogen and oxygen atoms in total. The van der Waals surface area contributed by atoms with E-state index in [2.05, 4.69) is 71.5 Å². The number of nitrogens with one attached hydrogen (secondary N) is 1. The molecule has 246 valence electrons. The molecule has 1 saturated heterocycles. The second-order valence-electron chi connectivity index (χ2n) is 13.1. The lowest BCUT2D eigenvalue weighted by Gasteiger charge is -2.18. The van der Waals surface area contributed by atoms with Crippen LogP contribution in [0.5, 0.6) is 0 Å². The number of likely N-dealkylation sites (tertiary alicyclic amines) is 1. The highest BCUT2D eigenvalue weighted by Gasteiger charge is 2.29. The molecule has 0 saturated carbocycles. The van der Waals surface area contributed by atoms with E-state index in [4.69, 9.17) is 9.97 Å². The predicted octanol–water partition coefficient (Wildman–Crippen LogP) is 6.09. The summed E-state index contributed by atoms with van der Waals surface area (Å²) in [4.78, 5) is 45.6. The van der Waals surface area contributed by atoms with E-state index in [9.17, 15) is 14.7 Å². The molecule has 7 rings (SSSR count). The number of anilines is 2. The van der Waals surface area contributed by atoms with E-state index in [0.717, 1.165) is 72.1 Å². The normalized spacial score (nSPS) is 16.2. The summed E-state index contributed by atoms with van der Waals surface area (Å²) in [6.07, 6.45) is 4.35. The maximum absolute atomic E-state index is 12.6. The molecule has 2 aliphatic rings. The first kappa shape index (κ1) is 31.9. The van der Waals surface area contributed by atoms with Crippen LogP contribution in [0.15, 0.2) is 60.9 Å². The summed E-state index contributed by atoms with van der Waals surface area (Å²) in [6.45, 7) is 7.89. The van der Waals surface area contributed by atoms with E-state index in [1.807, 2.05) is 36.2 Å². The summed E-state index contributed by atoms with van der Waals surface area (Å²) >= 11 is 1.68. The Balaban J connectivity index is 1.11. The van der Waals surface area contributed by atoms with E-state index >= 15 is 0 Å². The van der Waals surface area contributed by atoms with Gasteiger partial charge >= 0.3 is 5.97 Å². The van der Waals surface area contributed by atoms with Crippen LogP contribution in [0.4, 0.5) is 11.5 Å². The molecule has 2 aliphatic heterocycles. The van der Waals surface area contributed by atoms with Crippen LogP contribution in [0.1, 0.15) is 33.7 Å². The first-order valence-electron chi connectivity index (χ1n) is 16.2. The fraction of sp³-hybridized carbons (Fsp3) is 0.324. The molecule has 0 radical (unpaired) electrons. The van der Waals surface area contributed by atoms with Crippen molar-refractivity contribution in [1.82, 2.24) is 29.7 Å². The standard InChI is InChI=1S/C37H39N7O3S/c1-22-27(7-5-9-29(22)36-41-31-19-44(20-32(31)48-36)33(45)21-42(3)4)28-8-6-10-30(23(28)2)40-35-34-25(11-13-38-35)15-24(16-39-34)17-43-14-12-26(18-43)37(46)47/h5-11,13,15-16,26H,12,14,17-21H2,1-4H3,(H,38,40)(H,46,47). The number of pyridine rings is 2. The average molecular weight is 662 g/mol. The van der Waals surface area contributed by atoms with Crippen molar-refractivity contribution in [1.29, 1.82) is 0 Å². The van der Waals surface area contributed by atoms with Gasteiger partial charge in [-0.15, -0.1) is 11.3 Å². The first-order chi connectivity index (χ1) is 23.1. The van der Waals surface area contributed by atoms with E-state index < -0.39 is 5.97 Å². The lowest BCUT2D eigenvalue weighted by Crippen LogP contribution is -2.34. The number of benzene rings is 2. The van der Waals surface area contributed by atoms with Crippen LogP contribution in [-0.4, -0.2) is 80.4 Å². The van der Waals surface area contributed by atoms with Crippen molar-refractivity contribution >= 4 is 45.6 Å². The number of amides is 1. The zero-order chi connectivity index (χ0) is 33.5. The number of likely N-dealkylation sites (N-methyl/N-ethyl adjacent to an activating group) is 1. The highest BCUT2D eigenvalue weighted by atomic mass is 32.1. The molecule has 1 fully saturated rings. The summed E-state index contributed by atoms with van der Waals surface area (Å²) in [5.41, 5.74) is 9.45. The molecular formula is C37H39N7O3S. The molecule has 3 aromatic heterocycles. The van der Waals surface area contributed by atoms with Gasteiger partial charge in [0.05, 0.1) is 31.2 Å². The minimum Gasteiger partial charge on any atom is -0.481 e. The SMILES string of the molecule is Cc1c(Nc2nccc3cc(CN4CCC(C(=O)O)C4)cnc23)cccc1-c1cccc(-c2nc3c(s2)CN(C(=O)CN(C)C)C3)c1C. The Morgan fingerprint density at radius 1 is 1.02 bits per heavy atom. The number of nitrogens with zero attached hydrogens (tertiary/aromatic N) is 6. The summed E-state index contributed by atoms with van der Waals surface area (Å²) < 4.78 is 0. The third-order valence-electron chi connectivity index (χ3n) is 9.38. The third-order valence-corrected chi connectivity index (χ3v) is 10.5. The fourth-order valence-electron chi connectivity index (χ4n) is 6.77. The summed E-state index contributed by atoms with van der Waals surface area (Å²) in [5.74, 6) is -0.201. The molecule has 1 unspecified atom stereocenters. The van der Waals surface area contributed by atoms with Crippen molar-refractivity contribution in [3.63, 3.8) is 0 Å². The smallest absolute Gasteiger partial charge is 0.307 e. The number of fused-ring (bicyclic) bond motifs is 2.